The van der Waals surface area contributed by atoms with Crippen molar-refractivity contribution in [2.75, 3.05) is 6.54 Å². The Morgan fingerprint density at radius 1 is 1.26 bits per heavy atom. The molecule has 0 aromatic rings. The fraction of sp³-hybridized carbons (Fsp3) is 0.947. The molecule has 0 aliphatic heterocycles. The van der Waals surface area contributed by atoms with Crippen molar-refractivity contribution in [2.45, 2.75) is 97.8 Å². The van der Waals surface area contributed by atoms with Crippen molar-refractivity contribution in [3.8, 4) is 0 Å². The Kier molecular flexibility index (Phi) is 8.38. The number of alkyl carbamates (subject to hydrolysis) is 1. The summed E-state index contributed by atoms with van der Waals surface area (Å²) in [6.07, 6.45) is 7.06. The number of unbranched alkanes of at least 4 members (excludes halogenated alkanes) is 1. The number of amides is 1. The highest BCUT2D eigenvalue weighted by atomic mass is 16.6. The predicted octanol–water partition coefficient (Wildman–Crippen LogP) is 4.48. The summed E-state index contributed by atoms with van der Waals surface area (Å²) >= 11 is 0. The van der Waals surface area contributed by atoms with Gasteiger partial charge in [-0.15, -0.1) is 0 Å². The maximum absolute atomic E-state index is 11.9. The van der Waals surface area contributed by atoms with Crippen LogP contribution in [-0.4, -0.2) is 30.3 Å². The number of nitrogens with one attached hydrogen (secondary N) is 2. The number of carbonyl (C=O) groups is 1. The minimum atomic E-state index is -0.441. The lowest BCUT2D eigenvalue weighted by atomic mass is 9.77. The Bertz CT molecular complexity index is 352. The van der Waals surface area contributed by atoms with E-state index in [0.29, 0.717) is 24.5 Å². The lowest BCUT2D eigenvalue weighted by Crippen LogP contribution is -2.50. The first-order valence-electron chi connectivity index (χ1n) is 9.45. The molecule has 2 N–H and O–H groups in total. The standard InChI is InChI=1S/C19H38N2O2/c1-7-8-11-16(13-20-18(22)23-19(4,5)6)21-17-12-9-10-14(2)15(17)3/h14-17,21H,7-13H2,1-6H3,(H,20,22). The van der Waals surface area contributed by atoms with Crippen molar-refractivity contribution in [1.29, 1.82) is 0 Å². The highest BCUT2D eigenvalue weighted by molar-refractivity contribution is 5.67. The van der Waals surface area contributed by atoms with Crippen LogP contribution in [0.2, 0.25) is 0 Å². The molecule has 4 atom stereocenters. The van der Waals surface area contributed by atoms with Gasteiger partial charge in [0.25, 0.3) is 0 Å². The molecule has 0 spiro atoms. The first kappa shape index (κ1) is 20.3. The third-order valence-electron chi connectivity index (χ3n) is 4.95. The van der Waals surface area contributed by atoms with Crippen molar-refractivity contribution in [1.82, 2.24) is 10.6 Å². The molecular formula is C19H38N2O2. The van der Waals surface area contributed by atoms with E-state index < -0.39 is 5.60 Å². The average molecular weight is 327 g/mol. The summed E-state index contributed by atoms with van der Waals surface area (Å²) in [6, 6.07) is 0.904. The summed E-state index contributed by atoms with van der Waals surface area (Å²) in [5.74, 6) is 1.49. The van der Waals surface area contributed by atoms with E-state index in [9.17, 15) is 4.79 Å². The monoisotopic (exact) mass is 326 g/mol. The van der Waals surface area contributed by atoms with Crippen molar-refractivity contribution in [2.24, 2.45) is 11.8 Å². The fourth-order valence-corrected chi connectivity index (χ4v) is 3.34. The van der Waals surface area contributed by atoms with Gasteiger partial charge in [-0.25, -0.2) is 4.79 Å². The van der Waals surface area contributed by atoms with Gasteiger partial charge in [0.1, 0.15) is 5.60 Å². The van der Waals surface area contributed by atoms with Gasteiger partial charge in [0.05, 0.1) is 0 Å². The summed E-state index contributed by atoms with van der Waals surface area (Å²) in [4.78, 5) is 11.9. The van der Waals surface area contributed by atoms with Crippen LogP contribution in [0.5, 0.6) is 0 Å². The molecule has 1 aliphatic rings. The normalized spacial score (nSPS) is 26.6. The number of hydrogen-bond acceptors (Lipinski definition) is 3. The van der Waals surface area contributed by atoms with Crippen LogP contribution >= 0.6 is 0 Å². The fourth-order valence-electron chi connectivity index (χ4n) is 3.34. The topological polar surface area (TPSA) is 50.4 Å². The number of hydrogen-bond donors (Lipinski definition) is 2. The van der Waals surface area contributed by atoms with E-state index in [1.807, 2.05) is 20.8 Å². The van der Waals surface area contributed by atoms with Gasteiger partial charge in [-0.3, -0.25) is 0 Å². The van der Waals surface area contributed by atoms with E-state index in [2.05, 4.69) is 31.4 Å². The van der Waals surface area contributed by atoms with Crippen molar-refractivity contribution in [3.63, 3.8) is 0 Å². The van der Waals surface area contributed by atoms with Gasteiger partial charge in [0, 0.05) is 18.6 Å². The zero-order chi connectivity index (χ0) is 17.5. The summed E-state index contributed by atoms with van der Waals surface area (Å²) < 4.78 is 5.34. The Morgan fingerprint density at radius 2 is 1.96 bits per heavy atom. The van der Waals surface area contributed by atoms with Crippen LogP contribution in [0.3, 0.4) is 0 Å². The van der Waals surface area contributed by atoms with Gasteiger partial charge in [0.15, 0.2) is 0 Å². The summed E-state index contributed by atoms with van der Waals surface area (Å²) in [5.41, 5.74) is -0.441. The Labute approximate surface area is 143 Å². The van der Waals surface area contributed by atoms with Crippen LogP contribution in [0.25, 0.3) is 0 Å². The molecule has 136 valence electrons. The second-order valence-electron chi connectivity index (χ2n) is 8.26. The van der Waals surface area contributed by atoms with Gasteiger partial charge >= 0.3 is 6.09 Å². The molecule has 1 aliphatic carbocycles. The van der Waals surface area contributed by atoms with Crippen LogP contribution in [-0.2, 0) is 4.74 Å². The molecule has 0 aromatic heterocycles. The van der Waals surface area contributed by atoms with Crippen molar-refractivity contribution >= 4 is 6.09 Å². The number of ether oxygens (including phenoxy) is 1. The SMILES string of the molecule is CCCCC(CNC(=O)OC(C)(C)C)NC1CCCC(C)C1C. The predicted molar refractivity (Wildman–Crippen MR) is 96.7 cm³/mol. The largest absolute Gasteiger partial charge is 0.444 e. The van der Waals surface area contributed by atoms with Gasteiger partial charge in [0.2, 0.25) is 0 Å². The Morgan fingerprint density at radius 3 is 2.57 bits per heavy atom. The smallest absolute Gasteiger partial charge is 0.407 e. The van der Waals surface area contributed by atoms with Gasteiger partial charge in [-0.1, -0.05) is 46.5 Å². The number of carbonyl (C=O) groups excluding carboxylic acids is 1. The van der Waals surface area contributed by atoms with E-state index in [4.69, 9.17) is 4.74 Å². The summed E-state index contributed by atoms with van der Waals surface area (Å²) in [7, 11) is 0. The summed E-state index contributed by atoms with van der Waals surface area (Å²) in [6.45, 7) is 13.3. The molecule has 0 radical (unpaired) electrons. The molecule has 0 aromatic carbocycles. The Hall–Kier alpha value is -0.770. The lowest BCUT2D eigenvalue weighted by Gasteiger charge is -2.37. The summed E-state index contributed by atoms with van der Waals surface area (Å²) in [5, 5.41) is 6.76. The molecule has 0 heterocycles. The zero-order valence-corrected chi connectivity index (χ0v) is 16.1. The zero-order valence-electron chi connectivity index (χ0n) is 16.1. The molecule has 4 nitrogen and oxygen atoms in total. The molecule has 0 saturated heterocycles. The lowest BCUT2D eigenvalue weighted by molar-refractivity contribution is 0.0518. The van der Waals surface area contributed by atoms with Crippen molar-refractivity contribution in [3.05, 3.63) is 0 Å². The minimum absolute atomic E-state index is 0.314. The van der Waals surface area contributed by atoms with E-state index in [1.54, 1.807) is 0 Å². The second-order valence-corrected chi connectivity index (χ2v) is 8.26. The van der Waals surface area contributed by atoms with Crippen LogP contribution < -0.4 is 10.6 Å². The average Bonchev–Trinajstić information content (AvgIpc) is 2.44. The van der Waals surface area contributed by atoms with Crippen LogP contribution in [0.1, 0.15) is 80.1 Å². The van der Waals surface area contributed by atoms with Crippen LogP contribution in [0.15, 0.2) is 0 Å². The molecule has 4 unspecified atom stereocenters. The van der Waals surface area contributed by atoms with Gasteiger partial charge in [-0.05, 0) is 45.4 Å². The van der Waals surface area contributed by atoms with Crippen LogP contribution in [0.4, 0.5) is 4.79 Å². The quantitative estimate of drug-likeness (QED) is 0.725. The third-order valence-corrected chi connectivity index (χ3v) is 4.95. The second kappa shape index (κ2) is 9.51. The maximum atomic E-state index is 11.9. The Balaban J connectivity index is 2.50. The number of rotatable bonds is 7. The van der Waals surface area contributed by atoms with Crippen LogP contribution in [0, 0.1) is 11.8 Å². The molecule has 1 saturated carbocycles. The molecule has 1 amide bonds. The molecule has 4 heteroatoms. The van der Waals surface area contributed by atoms with Crippen molar-refractivity contribution < 1.29 is 9.53 Å². The van der Waals surface area contributed by atoms with Gasteiger partial charge in [-0.2, -0.15) is 0 Å². The minimum Gasteiger partial charge on any atom is -0.444 e. The third kappa shape index (κ3) is 8.05. The maximum Gasteiger partial charge on any atom is 0.407 e. The van der Waals surface area contributed by atoms with E-state index >= 15 is 0 Å². The highest BCUT2D eigenvalue weighted by Gasteiger charge is 2.28. The molecule has 0 bridgehead atoms. The first-order valence-corrected chi connectivity index (χ1v) is 9.45. The van der Waals surface area contributed by atoms with E-state index in [1.165, 1.54) is 32.1 Å². The van der Waals surface area contributed by atoms with E-state index in [-0.39, 0.29) is 6.09 Å². The first-order chi connectivity index (χ1) is 10.7. The molecule has 1 rings (SSSR count). The molecule has 1 fully saturated rings. The molecular weight excluding hydrogens is 288 g/mol. The molecule has 23 heavy (non-hydrogen) atoms. The highest BCUT2D eigenvalue weighted by Crippen LogP contribution is 2.29. The van der Waals surface area contributed by atoms with E-state index in [0.717, 1.165) is 12.3 Å². The van der Waals surface area contributed by atoms with Gasteiger partial charge < -0.3 is 15.4 Å².